The van der Waals surface area contributed by atoms with E-state index in [1.807, 2.05) is 13.8 Å². The summed E-state index contributed by atoms with van der Waals surface area (Å²) in [5.41, 5.74) is 0.375. The molecule has 98 valence electrons. The number of allylic oxidation sites excluding steroid dienone is 1. The molecule has 0 N–H and O–H groups in total. The molecule has 0 saturated heterocycles. The van der Waals surface area contributed by atoms with Crippen molar-refractivity contribution in [3.63, 3.8) is 0 Å². The fourth-order valence-electron chi connectivity index (χ4n) is 1.63. The van der Waals surface area contributed by atoms with Crippen LogP contribution < -0.4 is 0 Å². The van der Waals surface area contributed by atoms with Gasteiger partial charge < -0.3 is 9.47 Å². The van der Waals surface area contributed by atoms with Crippen molar-refractivity contribution in [2.45, 2.75) is 34.6 Å². The second-order valence-corrected chi connectivity index (χ2v) is 3.94. The number of carbonyl (C=O) groups is 2. The van der Waals surface area contributed by atoms with Gasteiger partial charge in [-0.05, 0) is 26.7 Å². The Morgan fingerprint density at radius 3 is 2.00 bits per heavy atom. The summed E-state index contributed by atoms with van der Waals surface area (Å²) >= 11 is 0. The Bertz CT molecular complexity index is 292. The number of hydrogen-bond donors (Lipinski definition) is 0. The maximum atomic E-state index is 11.8. The summed E-state index contributed by atoms with van der Waals surface area (Å²) < 4.78 is 9.93. The van der Waals surface area contributed by atoms with Crippen molar-refractivity contribution in [1.29, 1.82) is 0 Å². The third-order valence-corrected chi connectivity index (χ3v) is 2.36. The zero-order valence-electron chi connectivity index (χ0n) is 11.3. The van der Waals surface area contributed by atoms with Crippen molar-refractivity contribution in [3.8, 4) is 0 Å². The average molecular weight is 242 g/mol. The van der Waals surface area contributed by atoms with Crippen LogP contribution in [0.3, 0.4) is 0 Å². The molecule has 4 heteroatoms. The van der Waals surface area contributed by atoms with Crippen molar-refractivity contribution >= 4 is 11.9 Å². The first kappa shape index (κ1) is 15.7. The molecule has 0 amide bonds. The number of hydrogen-bond acceptors (Lipinski definition) is 4. The van der Waals surface area contributed by atoms with Crippen LogP contribution in [0, 0.1) is 11.8 Å². The van der Waals surface area contributed by atoms with Gasteiger partial charge >= 0.3 is 11.9 Å². The third-order valence-electron chi connectivity index (χ3n) is 2.36. The van der Waals surface area contributed by atoms with E-state index in [9.17, 15) is 9.59 Å². The molecular formula is C13H22O4. The smallest absolute Gasteiger partial charge is 0.334 e. The minimum atomic E-state index is -0.556. The van der Waals surface area contributed by atoms with Gasteiger partial charge in [-0.1, -0.05) is 19.9 Å². The van der Waals surface area contributed by atoms with Gasteiger partial charge in [-0.25, -0.2) is 4.79 Å². The lowest BCUT2D eigenvalue weighted by atomic mass is 9.88. The summed E-state index contributed by atoms with van der Waals surface area (Å²) in [7, 11) is 0. The quantitative estimate of drug-likeness (QED) is 0.530. The molecule has 4 nitrogen and oxygen atoms in total. The van der Waals surface area contributed by atoms with E-state index in [1.165, 1.54) is 0 Å². The van der Waals surface area contributed by atoms with E-state index in [4.69, 9.17) is 9.47 Å². The first-order valence-corrected chi connectivity index (χ1v) is 5.99. The summed E-state index contributed by atoms with van der Waals surface area (Å²) in [6, 6.07) is 0. The summed E-state index contributed by atoms with van der Waals surface area (Å²) in [5, 5.41) is 0. The predicted octanol–water partition coefficient (Wildman–Crippen LogP) is 2.33. The van der Waals surface area contributed by atoms with Gasteiger partial charge in [-0.2, -0.15) is 0 Å². The molecule has 0 radical (unpaired) electrons. The predicted molar refractivity (Wildman–Crippen MR) is 65.4 cm³/mol. The third kappa shape index (κ3) is 4.59. The van der Waals surface area contributed by atoms with Crippen LogP contribution in [-0.4, -0.2) is 25.2 Å². The number of rotatable bonds is 6. The Hall–Kier alpha value is -1.32. The lowest BCUT2D eigenvalue weighted by Crippen LogP contribution is -2.29. The maximum Gasteiger partial charge on any atom is 0.334 e. The van der Waals surface area contributed by atoms with Gasteiger partial charge in [-0.3, -0.25) is 4.79 Å². The lowest BCUT2D eigenvalue weighted by Gasteiger charge is -2.20. The van der Waals surface area contributed by atoms with Crippen LogP contribution in [0.1, 0.15) is 34.6 Å². The van der Waals surface area contributed by atoms with Crippen molar-refractivity contribution in [1.82, 2.24) is 0 Å². The fraction of sp³-hybridized carbons (Fsp3) is 0.692. The molecule has 0 aliphatic heterocycles. The van der Waals surface area contributed by atoms with Crippen LogP contribution >= 0.6 is 0 Å². The largest absolute Gasteiger partial charge is 0.466 e. The Morgan fingerprint density at radius 1 is 1.12 bits per heavy atom. The standard InChI is InChI=1S/C13H22O4/c1-6-10(12(14)16-7-2)11(9(4)5)13(15)17-8-3/h6,9,11H,7-8H2,1-5H3. The van der Waals surface area contributed by atoms with Gasteiger partial charge in [-0.15, -0.1) is 0 Å². The van der Waals surface area contributed by atoms with Gasteiger partial charge in [0.1, 0.15) is 0 Å². The highest BCUT2D eigenvalue weighted by Crippen LogP contribution is 2.23. The van der Waals surface area contributed by atoms with Crippen molar-refractivity contribution < 1.29 is 19.1 Å². The van der Waals surface area contributed by atoms with E-state index in [-0.39, 0.29) is 11.9 Å². The Labute approximate surface area is 103 Å². The Kier molecular flexibility index (Phi) is 7.26. The van der Waals surface area contributed by atoms with Crippen LogP contribution in [0.2, 0.25) is 0 Å². The molecule has 0 aliphatic carbocycles. The molecule has 0 bridgehead atoms. The Morgan fingerprint density at radius 2 is 1.65 bits per heavy atom. The molecule has 0 rings (SSSR count). The topological polar surface area (TPSA) is 52.6 Å². The molecule has 0 aromatic carbocycles. The summed E-state index contributed by atoms with van der Waals surface area (Å²) in [6.45, 7) is 9.57. The normalized spacial score (nSPS) is 13.4. The van der Waals surface area contributed by atoms with Gasteiger partial charge in [0.05, 0.1) is 19.1 Å². The lowest BCUT2D eigenvalue weighted by molar-refractivity contribution is -0.151. The molecule has 0 aromatic heterocycles. The first-order chi connectivity index (χ1) is 7.99. The molecule has 0 aliphatic rings. The minimum Gasteiger partial charge on any atom is -0.466 e. The Balaban J connectivity index is 5.02. The van der Waals surface area contributed by atoms with Gasteiger partial charge in [0.15, 0.2) is 0 Å². The number of carbonyl (C=O) groups excluding carboxylic acids is 2. The number of esters is 2. The van der Waals surface area contributed by atoms with Crippen molar-refractivity contribution in [2.75, 3.05) is 13.2 Å². The van der Waals surface area contributed by atoms with Crippen molar-refractivity contribution in [3.05, 3.63) is 11.6 Å². The van der Waals surface area contributed by atoms with Crippen LogP contribution in [0.25, 0.3) is 0 Å². The molecule has 0 spiro atoms. The monoisotopic (exact) mass is 242 g/mol. The van der Waals surface area contributed by atoms with E-state index < -0.39 is 11.9 Å². The van der Waals surface area contributed by atoms with Gasteiger partial charge in [0.25, 0.3) is 0 Å². The zero-order valence-corrected chi connectivity index (χ0v) is 11.3. The highest BCUT2D eigenvalue weighted by Gasteiger charge is 2.31. The molecule has 1 unspecified atom stereocenters. The summed E-state index contributed by atoms with van der Waals surface area (Å²) in [6.07, 6.45) is 1.62. The molecule has 0 heterocycles. The van der Waals surface area contributed by atoms with Crippen LogP contribution in [-0.2, 0) is 19.1 Å². The molecule has 0 saturated carbocycles. The van der Waals surface area contributed by atoms with E-state index >= 15 is 0 Å². The van der Waals surface area contributed by atoms with E-state index in [0.717, 1.165) is 0 Å². The van der Waals surface area contributed by atoms with Gasteiger partial charge in [0, 0.05) is 5.57 Å². The average Bonchev–Trinajstić information content (AvgIpc) is 2.25. The fourth-order valence-corrected chi connectivity index (χ4v) is 1.63. The number of ether oxygens (including phenoxy) is 2. The van der Waals surface area contributed by atoms with Gasteiger partial charge in [0.2, 0.25) is 0 Å². The van der Waals surface area contributed by atoms with Crippen molar-refractivity contribution in [2.24, 2.45) is 11.8 Å². The maximum absolute atomic E-state index is 11.8. The summed E-state index contributed by atoms with van der Waals surface area (Å²) in [5.74, 6) is -1.38. The molecular weight excluding hydrogens is 220 g/mol. The highest BCUT2D eigenvalue weighted by molar-refractivity contribution is 5.95. The van der Waals surface area contributed by atoms with E-state index in [0.29, 0.717) is 18.8 Å². The molecule has 1 atom stereocenters. The molecule has 0 aromatic rings. The van der Waals surface area contributed by atoms with E-state index in [2.05, 4.69) is 0 Å². The highest BCUT2D eigenvalue weighted by atomic mass is 16.5. The SMILES string of the molecule is CC=C(C(=O)OCC)C(C(=O)OCC)C(C)C. The van der Waals surface area contributed by atoms with E-state index in [1.54, 1.807) is 26.8 Å². The van der Waals surface area contributed by atoms with Crippen LogP contribution in [0.4, 0.5) is 0 Å². The summed E-state index contributed by atoms with van der Waals surface area (Å²) in [4.78, 5) is 23.6. The minimum absolute atomic E-state index is 0.00958. The molecule has 17 heavy (non-hydrogen) atoms. The van der Waals surface area contributed by atoms with Crippen LogP contribution in [0.5, 0.6) is 0 Å². The molecule has 0 fully saturated rings. The second kappa shape index (κ2) is 7.87. The van der Waals surface area contributed by atoms with Crippen LogP contribution in [0.15, 0.2) is 11.6 Å². The first-order valence-electron chi connectivity index (χ1n) is 5.99. The zero-order chi connectivity index (χ0) is 13.4. The second-order valence-electron chi connectivity index (χ2n) is 3.94.